The highest BCUT2D eigenvalue weighted by atomic mass is 19.1. The van der Waals surface area contributed by atoms with Crippen LogP contribution in [0, 0.1) is 5.82 Å². The number of rotatable bonds is 4. The molecule has 1 N–H and O–H groups in total. The molecule has 5 heteroatoms. The molecule has 2 rings (SSSR count). The van der Waals surface area contributed by atoms with Crippen molar-refractivity contribution in [2.75, 3.05) is 13.7 Å². The number of aliphatic hydroxyl groups excluding tert-OH is 1. The Hall–Kier alpha value is -1.88. The zero-order valence-corrected chi connectivity index (χ0v) is 12.9. The van der Waals surface area contributed by atoms with Crippen molar-refractivity contribution >= 4 is 0 Å². The van der Waals surface area contributed by atoms with Crippen molar-refractivity contribution in [3.63, 3.8) is 0 Å². The third kappa shape index (κ3) is 2.93. The van der Waals surface area contributed by atoms with Crippen LogP contribution in [0.25, 0.3) is 5.69 Å². The summed E-state index contributed by atoms with van der Waals surface area (Å²) in [5.74, 6) is 0.105. The van der Waals surface area contributed by atoms with Gasteiger partial charge < -0.3 is 9.84 Å². The minimum Gasteiger partial charge on any atom is -0.481 e. The first-order valence-corrected chi connectivity index (χ1v) is 6.92. The number of methoxy groups -OCH3 is 1. The monoisotopic (exact) mass is 292 g/mol. The lowest BCUT2D eigenvalue weighted by atomic mass is 9.88. The summed E-state index contributed by atoms with van der Waals surface area (Å²) in [5, 5.41) is 13.8. The van der Waals surface area contributed by atoms with E-state index in [0.29, 0.717) is 18.0 Å². The van der Waals surface area contributed by atoms with E-state index in [9.17, 15) is 9.50 Å². The first-order chi connectivity index (χ1) is 9.90. The average Bonchev–Trinajstić information content (AvgIpc) is 2.78. The minimum absolute atomic E-state index is 0.0115. The fourth-order valence-electron chi connectivity index (χ4n) is 2.37. The summed E-state index contributed by atoms with van der Waals surface area (Å²) in [7, 11) is 1.53. The molecule has 0 atom stereocenters. The van der Waals surface area contributed by atoms with Gasteiger partial charge in [0.2, 0.25) is 5.88 Å². The van der Waals surface area contributed by atoms with Crippen LogP contribution in [0.1, 0.15) is 32.0 Å². The summed E-state index contributed by atoms with van der Waals surface area (Å²) in [4.78, 5) is 0. The molecule has 0 saturated carbocycles. The van der Waals surface area contributed by atoms with Crippen LogP contribution >= 0.6 is 0 Å². The second-order valence-corrected chi connectivity index (χ2v) is 5.92. The smallest absolute Gasteiger partial charge is 0.220 e. The molecule has 114 valence electrons. The fourth-order valence-corrected chi connectivity index (χ4v) is 2.37. The van der Waals surface area contributed by atoms with Gasteiger partial charge in [-0.25, -0.2) is 4.39 Å². The number of aromatic nitrogens is 2. The summed E-state index contributed by atoms with van der Waals surface area (Å²) in [6, 6.07) is 6.43. The van der Waals surface area contributed by atoms with Gasteiger partial charge in [0.25, 0.3) is 0 Å². The van der Waals surface area contributed by atoms with Crippen molar-refractivity contribution in [3.8, 4) is 11.6 Å². The molecule has 1 aromatic heterocycles. The Morgan fingerprint density at radius 1 is 1.29 bits per heavy atom. The van der Waals surface area contributed by atoms with E-state index in [1.807, 2.05) is 20.8 Å². The molecule has 0 bridgehead atoms. The summed E-state index contributed by atoms with van der Waals surface area (Å²) >= 11 is 0. The van der Waals surface area contributed by atoms with Gasteiger partial charge in [-0.3, -0.25) is 0 Å². The molecule has 4 nitrogen and oxygen atoms in total. The summed E-state index contributed by atoms with van der Waals surface area (Å²) in [6.45, 7) is 6.08. The van der Waals surface area contributed by atoms with E-state index in [4.69, 9.17) is 4.74 Å². The maximum atomic E-state index is 14.0. The molecule has 2 aromatic rings. The Labute approximate surface area is 124 Å². The molecule has 0 saturated heterocycles. The lowest BCUT2D eigenvalue weighted by Crippen LogP contribution is -2.15. The van der Waals surface area contributed by atoms with Gasteiger partial charge in [0, 0.05) is 24.0 Å². The second-order valence-electron chi connectivity index (χ2n) is 5.92. The highest BCUT2D eigenvalue weighted by Crippen LogP contribution is 2.34. The van der Waals surface area contributed by atoms with Crippen molar-refractivity contribution in [1.82, 2.24) is 9.78 Å². The first kappa shape index (κ1) is 15.5. The van der Waals surface area contributed by atoms with Crippen LogP contribution in [0.15, 0.2) is 24.3 Å². The maximum absolute atomic E-state index is 14.0. The zero-order chi connectivity index (χ0) is 15.6. The van der Waals surface area contributed by atoms with Crippen LogP contribution in [0.2, 0.25) is 0 Å². The van der Waals surface area contributed by atoms with E-state index in [1.165, 1.54) is 17.9 Å². The Morgan fingerprint density at radius 3 is 2.48 bits per heavy atom. The summed E-state index contributed by atoms with van der Waals surface area (Å²) in [6.07, 6.45) is 0.421. The van der Waals surface area contributed by atoms with E-state index in [2.05, 4.69) is 5.10 Å². The van der Waals surface area contributed by atoms with E-state index in [-0.39, 0.29) is 17.8 Å². The molecular weight excluding hydrogens is 271 g/mol. The number of hydrogen-bond acceptors (Lipinski definition) is 3. The van der Waals surface area contributed by atoms with E-state index in [0.717, 1.165) is 11.3 Å². The number of aliphatic hydroxyl groups is 1. The van der Waals surface area contributed by atoms with Gasteiger partial charge in [-0.05, 0) is 12.1 Å². The van der Waals surface area contributed by atoms with Crippen molar-refractivity contribution in [3.05, 3.63) is 41.3 Å². The average molecular weight is 292 g/mol. The Balaban J connectivity index is 2.70. The quantitative estimate of drug-likeness (QED) is 0.942. The van der Waals surface area contributed by atoms with Crippen molar-refractivity contribution in [1.29, 1.82) is 0 Å². The topological polar surface area (TPSA) is 47.3 Å². The standard InChI is InChI=1S/C16H21FN2O2/c1-16(2,3)14-11(9-10-20)15(21-4)19(18-14)13-8-6-5-7-12(13)17/h5-8,20H,9-10H2,1-4H3. The van der Waals surface area contributed by atoms with Gasteiger partial charge in [0.1, 0.15) is 11.5 Å². The van der Waals surface area contributed by atoms with Crippen molar-refractivity contribution < 1.29 is 14.2 Å². The first-order valence-electron chi connectivity index (χ1n) is 6.92. The molecule has 21 heavy (non-hydrogen) atoms. The molecule has 0 aliphatic rings. The summed E-state index contributed by atoms with van der Waals surface area (Å²) in [5.41, 5.74) is 1.73. The molecule has 1 heterocycles. The largest absolute Gasteiger partial charge is 0.481 e. The molecule has 0 unspecified atom stereocenters. The number of para-hydroxylation sites is 1. The van der Waals surface area contributed by atoms with Gasteiger partial charge >= 0.3 is 0 Å². The molecular formula is C16H21FN2O2. The Kier molecular flexibility index (Phi) is 4.32. The van der Waals surface area contributed by atoms with Crippen LogP contribution in [-0.4, -0.2) is 28.6 Å². The predicted molar refractivity (Wildman–Crippen MR) is 79.6 cm³/mol. The van der Waals surface area contributed by atoms with Crippen LogP contribution in [-0.2, 0) is 11.8 Å². The lowest BCUT2D eigenvalue weighted by molar-refractivity contribution is 0.295. The van der Waals surface area contributed by atoms with Crippen LogP contribution < -0.4 is 4.74 Å². The SMILES string of the molecule is COc1c(CCO)c(C(C)(C)C)nn1-c1ccccc1F. The van der Waals surface area contributed by atoms with Gasteiger partial charge in [0.05, 0.1) is 12.8 Å². The van der Waals surface area contributed by atoms with Crippen LogP contribution in [0.5, 0.6) is 5.88 Å². The highest BCUT2D eigenvalue weighted by molar-refractivity contribution is 5.44. The Bertz CT molecular complexity index is 630. The molecule has 0 amide bonds. The van der Waals surface area contributed by atoms with Crippen LogP contribution in [0.4, 0.5) is 4.39 Å². The zero-order valence-electron chi connectivity index (χ0n) is 12.9. The predicted octanol–water partition coefficient (Wildman–Crippen LogP) is 2.85. The van der Waals surface area contributed by atoms with Gasteiger partial charge in [-0.1, -0.05) is 32.9 Å². The highest BCUT2D eigenvalue weighted by Gasteiger charge is 2.28. The molecule has 0 aliphatic heterocycles. The fraction of sp³-hybridized carbons (Fsp3) is 0.438. The van der Waals surface area contributed by atoms with E-state index in [1.54, 1.807) is 18.2 Å². The lowest BCUT2D eigenvalue weighted by Gasteiger charge is -2.17. The van der Waals surface area contributed by atoms with E-state index >= 15 is 0 Å². The van der Waals surface area contributed by atoms with Gasteiger partial charge in [0.15, 0.2) is 0 Å². The van der Waals surface area contributed by atoms with Gasteiger partial charge in [-0.15, -0.1) is 0 Å². The van der Waals surface area contributed by atoms with Crippen molar-refractivity contribution in [2.45, 2.75) is 32.6 Å². The summed E-state index contributed by atoms with van der Waals surface area (Å²) < 4.78 is 21.0. The molecule has 1 aromatic carbocycles. The molecule has 0 aliphatic carbocycles. The second kappa shape index (κ2) is 5.85. The number of hydrogen-bond donors (Lipinski definition) is 1. The normalized spacial score (nSPS) is 11.7. The number of nitrogens with zero attached hydrogens (tertiary/aromatic N) is 2. The number of benzene rings is 1. The van der Waals surface area contributed by atoms with E-state index < -0.39 is 0 Å². The van der Waals surface area contributed by atoms with Crippen molar-refractivity contribution in [2.24, 2.45) is 0 Å². The maximum Gasteiger partial charge on any atom is 0.220 e. The molecule has 0 fully saturated rings. The third-order valence-corrected chi connectivity index (χ3v) is 3.28. The molecule has 0 spiro atoms. The van der Waals surface area contributed by atoms with Crippen LogP contribution in [0.3, 0.4) is 0 Å². The minimum atomic E-state index is -0.366. The number of ether oxygens (including phenoxy) is 1. The molecule has 0 radical (unpaired) electrons. The Morgan fingerprint density at radius 2 is 1.95 bits per heavy atom. The third-order valence-electron chi connectivity index (χ3n) is 3.28. The number of halogens is 1. The van der Waals surface area contributed by atoms with Gasteiger partial charge in [-0.2, -0.15) is 9.78 Å².